The standard InChI is InChI=1S/C8H13N3O2/c9-11-10-5-7-1-2-8(13-7)3-4-12-6-8/h7H,1-6H2. The van der Waals surface area contributed by atoms with Crippen LogP contribution < -0.4 is 0 Å². The Labute approximate surface area is 76.6 Å². The van der Waals surface area contributed by atoms with Crippen LogP contribution in [0.5, 0.6) is 0 Å². The molecule has 2 rings (SSSR count). The van der Waals surface area contributed by atoms with Gasteiger partial charge in [0.2, 0.25) is 0 Å². The van der Waals surface area contributed by atoms with Gasteiger partial charge in [-0.15, -0.1) is 0 Å². The third kappa shape index (κ3) is 1.77. The molecule has 2 atom stereocenters. The van der Waals surface area contributed by atoms with Gasteiger partial charge in [0.1, 0.15) is 0 Å². The van der Waals surface area contributed by atoms with Crippen molar-refractivity contribution in [1.82, 2.24) is 0 Å². The Balaban J connectivity index is 1.89. The molecule has 0 bridgehead atoms. The van der Waals surface area contributed by atoms with Gasteiger partial charge in [0, 0.05) is 17.9 Å². The van der Waals surface area contributed by atoms with E-state index in [1.807, 2.05) is 0 Å². The molecule has 0 aromatic heterocycles. The fourth-order valence-corrected chi connectivity index (χ4v) is 2.03. The van der Waals surface area contributed by atoms with E-state index in [-0.39, 0.29) is 11.7 Å². The number of ether oxygens (including phenoxy) is 2. The van der Waals surface area contributed by atoms with E-state index in [0.29, 0.717) is 13.2 Å². The Morgan fingerprint density at radius 3 is 3.15 bits per heavy atom. The monoisotopic (exact) mass is 183 g/mol. The summed E-state index contributed by atoms with van der Waals surface area (Å²) in [5.41, 5.74) is 8.12. The van der Waals surface area contributed by atoms with E-state index >= 15 is 0 Å². The summed E-state index contributed by atoms with van der Waals surface area (Å²) < 4.78 is 11.1. The van der Waals surface area contributed by atoms with Crippen LogP contribution in [0.25, 0.3) is 10.4 Å². The van der Waals surface area contributed by atoms with Crippen LogP contribution in [0.1, 0.15) is 19.3 Å². The van der Waals surface area contributed by atoms with Gasteiger partial charge in [-0.05, 0) is 18.4 Å². The summed E-state index contributed by atoms with van der Waals surface area (Å²) in [4.78, 5) is 2.73. The predicted molar refractivity (Wildman–Crippen MR) is 46.3 cm³/mol. The van der Waals surface area contributed by atoms with Gasteiger partial charge in [-0.1, -0.05) is 5.11 Å². The zero-order valence-electron chi connectivity index (χ0n) is 7.48. The zero-order valence-corrected chi connectivity index (χ0v) is 7.48. The van der Waals surface area contributed by atoms with Crippen molar-refractivity contribution in [3.63, 3.8) is 0 Å². The van der Waals surface area contributed by atoms with Gasteiger partial charge in [-0.3, -0.25) is 0 Å². The SMILES string of the molecule is [N-]=[N+]=NCC1CCC2(CCOC2)O1. The summed E-state index contributed by atoms with van der Waals surface area (Å²) in [6.45, 7) is 1.96. The number of rotatable bonds is 2. The largest absolute Gasteiger partial charge is 0.378 e. The molecule has 2 fully saturated rings. The van der Waals surface area contributed by atoms with Gasteiger partial charge in [-0.25, -0.2) is 0 Å². The molecule has 13 heavy (non-hydrogen) atoms. The second-order valence-corrected chi connectivity index (χ2v) is 3.68. The molecule has 0 N–H and O–H groups in total. The maximum absolute atomic E-state index is 8.16. The lowest BCUT2D eigenvalue weighted by Crippen LogP contribution is -2.29. The van der Waals surface area contributed by atoms with Crippen molar-refractivity contribution in [3.05, 3.63) is 10.4 Å². The summed E-state index contributed by atoms with van der Waals surface area (Å²) in [6.07, 6.45) is 3.12. The summed E-state index contributed by atoms with van der Waals surface area (Å²) in [5.74, 6) is 0. The van der Waals surface area contributed by atoms with Crippen LogP contribution in [0.2, 0.25) is 0 Å². The van der Waals surface area contributed by atoms with E-state index in [2.05, 4.69) is 10.0 Å². The fraction of sp³-hybridized carbons (Fsp3) is 1.00. The third-order valence-corrected chi connectivity index (χ3v) is 2.75. The molecule has 2 aliphatic rings. The van der Waals surface area contributed by atoms with Crippen molar-refractivity contribution in [1.29, 1.82) is 0 Å². The van der Waals surface area contributed by atoms with E-state index in [4.69, 9.17) is 15.0 Å². The van der Waals surface area contributed by atoms with E-state index in [0.717, 1.165) is 25.9 Å². The van der Waals surface area contributed by atoms with E-state index in [1.165, 1.54) is 0 Å². The van der Waals surface area contributed by atoms with Crippen LogP contribution in [0.3, 0.4) is 0 Å². The molecule has 0 amide bonds. The molecule has 2 heterocycles. The highest BCUT2D eigenvalue weighted by Gasteiger charge is 2.42. The number of azide groups is 1. The molecule has 2 saturated heterocycles. The predicted octanol–water partition coefficient (Wildman–Crippen LogP) is 1.63. The normalized spacial score (nSPS) is 38.0. The summed E-state index contributed by atoms with van der Waals surface area (Å²) >= 11 is 0. The molecule has 72 valence electrons. The molecule has 2 aliphatic heterocycles. The topological polar surface area (TPSA) is 67.2 Å². The van der Waals surface area contributed by atoms with Crippen LogP contribution >= 0.6 is 0 Å². The molecule has 1 spiro atoms. The molecular weight excluding hydrogens is 170 g/mol. The second-order valence-electron chi connectivity index (χ2n) is 3.68. The van der Waals surface area contributed by atoms with Crippen LogP contribution in [0.4, 0.5) is 0 Å². The highest BCUT2D eigenvalue weighted by molar-refractivity contribution is 4.92. The van der Waals surface area contributed by atoms with E-state index in [1.54, 1.807) is 0 Å². The van der Waals surface area contributed by atoms with Crippen molar-refractivity contribution < 1.29 is 9.47 Å². The second kappa shape index (κ2) is 3.54. The highest BCUT2D eigenvalue weighted by Crippen LogP contribution is 2.36. The average Bonchev–Trinajstić information content (AvgIpc) is 2.74. The average molecular weight is 183 g/mol. The molecule has 0 saturated carbocycles. The Bertz CT molecular complexity index is 232. The Hall–Kier alpha value is -0.770. The van der Waals surface area contributed by atoms with E-state index < -0.39 is 0 Å². The summed E-state index contributed by atoms with van der Waals surface area (Å²) in [5, 5.41) is 3.52. The first-order chi connectivity index (χ1) is 6.35. The first-order valence-electron chi connectivity index (χ1n) is 4.61. The summed E-state index contributed by atoms with van der Waals surface area (Å²) in [7, 11) is 0. The van der Waals surface area contributed by atoms with Crippen LogP contribution in [-0.2, 0) is 9.47 Å². The van der Waals surface area contributed by atoms with E-state index in [9.17, 15) is 0 Å². The Morgan fingerprint density at radius 1 is 1.54 bits per heavy atom. The lowest BCUT2D eigenvalue weighted by molar-refractivity contribution is -0.0406. The quantitative estimate of drug-likeness (QED) is 0.371. The minimum absolute atomic E-state index is 0.0460. The van der Waals surface area contributed by atoms with Crippen LogP contribution in [0.15, 0.2) is 5.11 Å². The molecule has 0 aromatic rings. The molecule has 0 aliphatic carbocycles. The van der Waals surface area contributed by atoms with Crippen LogP contribution in [0, 0.1) is 0 Å². The zero-order chi connectivity index (χ0) is 9.15. The number of nitrogens with zero attached hydrogens (tertiary/aromatic N) is 3. The minimum Gasteiger partial charge on any atom is -0.378 e. The van der Waals surface area contributed by atoms with Gasteiger partial charge in [0.15, 0.2) is 0 Å². The minimum atomic E-state index is -0.0460. The van der Waals surface area contributed by atoms with Gasteiger partial charge in [0.25, 0.3) is 0 Å². The van der Waals surface area contributed by atoms with Gasteiger partial charge >= 0.3 is 0 Å². The first kappa shape index (κ1) is 8.81. The molecule has 2 unspecified atom stereocenters. The van der Waals surface area contributed by atoms with Gasteiger partial charge < -0.3 is 9.47 Å². The maximum atomic E-state index is 8.16. The van der Waals surface area contributed by atoms with Crippen molar-refractivity contribution in [2.45, 2.75) is 31.0 Å². The van der Waals surface area contributed by atoms with Gasteiger partial charge in [-0.2, -0.15) is 0 Å². The van der Waals surface area contributed by atoms with Crippen molar-refractivity contribution in [2.75, 3.05) is 19.8 Å². The summed E-state index contributed by atoms with van der Waals surface area (Å²) in [6, 6.07) is 0. The molecule has 0 aromatic carbocycles. The molecular formula is C8H13N3O2. The molecule has 5 heteroatoms. The van der Waals surface area contributed by atoms with Crippen molar-refractivity contribution in [2.24, 2.45) is 5.11 Å². The van der Waals surface area contributed by atoms with Crippen LogP contribution in [-0.4, -0.2) is 31.5 Å². The third-order valence-electron chi connectivity index (χ3n) is 2.75. The molecule has 0 radical (unpaired) electrons. The Kier molecular flexibility index (Phi) is 2.40. The number of hydrogen-bond donors (Lipinski definition) is 0. The van der Waals surface area contributed by atoms with Crippen molar-refractivity contribution in [3.8, 4) is 0 Å². The fourth-order valence-electron chi connectivity index (χ4n) is 2.03. The maximum Gasteiger partial charge on any atom is 0.0941 e. The Morgan fingerprint density at radius 2 is 2.46 bits per heavy atom. The highest BCUT2D eigenvalue weighted by atomic mass is 16.6. The lowest BCUT2D eigenvalue weighted by atomic mass is 9.99. The van der Waals surface area contributed by atoms with Gasteiger partial charge in [0.05, 0.1) is 24.9 Å². The first-order valence-corrected chi connectivity index (χ1v) is 4.61. The number of hydrogen-bond acceptors (Lipinski definition) is 3. The smallest absolute Gasteiger partial charge is 0.0941 e. The molecule has 5 nitrogen and oxygen atoms in total. The lowest BCUT2D eigenvalue weighted by Gasteiger charge is -2.21. The van der Waals surface area contributed by atoms with Crippen molar-refractivity contribution >= 4 is 0 Å².